The van der Waals surface area contributed by atoms with Crippen LogP contribution >= 0.6 is 11.6 Å². The van der Waals surface area contributed by atoms with Crippen LogP contribution in [0.1, 0.15) is 43.0 Å². The highest BCUT2D eigenvalue weighted by Gasteiger charge is 2.24. The van der Waals surface area contributed by atoms with Crippen LogP contribution in [0.5, 0.6) is 0 Å². The second-order valence-corrected chi connectivity index (χ2v) is 7.23. The van der Waals surface area contributed by atoms with Gasteiger partial charge in [-0.1, -0.05) is 54.1 Å². The van der Waals surface area contributed by atoms with Gasteiger partial charge in [-0.05, 0) is 56.1 Å². The molecule has 2 N–H and O–H groups in total. The van der Waals surface area contributed by atoms with Crippen molar-refractivity contribution in [3.8, 4) is 0 Å². The molecule has 1 heterocycles. The lowest BCUT2D eigenvalue weighted by atomic mass is 10.1. The Bertz CT molecular complexity index is 699. The molecule has 2 aromatic rings. The number of nitrogens with zero attached hydrogens (tertiary/aromatic N) is 1. The molecule has 2 unspecified atom stereocenters. The van der Waals surface area contributed by atoms with E-state index in [-0.39, 0.29) is 18.1 Å². The molecular formula is C21H26ClN3O. The van der Waals surface area contributed by atoms with E-state index in [1.165, 1.54) is 18.4 Å². The van der Waals surface area contributed by atoms with E-state index in [2.05, 4.69) is 39.8 Å². The maximum absolute atomic E-state index is 12.4. The van der Waals surface area contributed by atoms with E-state index in [9.17, 15) is 4.79 Å². The van der Waals surface area contributed by atoms with Crippen molar-refractivity contribution in [2.75, 3.05) is 19.6 Å². The van der Waals surface area contributed by atoms with Gasteiger partial charge in [0.2, 0.25) is 0 Å². The van der Waals surface area contributed by atoms with Crippen molar-refractivity contribution in [3.63, 3.8) is 0 Å². The van der Waals surface area contributed by atoms with Gasteiger partial charge in [-0.2, -0.15) is 0 Å². The van der Waals surface area contributed by atoms with Crippen molar-refractivity contribution in [2.45, 2.75) is 31.8 Å². The minimum absolute atomic E-state index is 0.0748. The predicted molar refractivity (Wildman–Crippen MR) is 106 cm³/mol. The second-order valence-electron chi connectivity index (χ2n) is 6.80. The van der Waals surface area contributed by atoms with E-state index in [1.54, 1.807) is 0 Å². The van der Waals surface area contributed by atoms with E-state index < -0.39 is 0 Å². The number of hydrogen-bond acceptors (Lipinski definition) is 2. The van der Waals surface area contributed by atoms with Gasteiger partial charge in [-0.3, -0.25) is 4.90 Å². The quantitative estimate of drug-likeness (QED) is 0.783. The summed E-state index contributed by atoms with van der Waals surface area (Å²) in [6, 6.07) is 18.0. The molecule has 1 aliphatic heterocycles. The first kappa shape index (κ1) is 18.7. The Morgan fingerprint density at radius 2 is 1.69 bits per heavy atom. The first-order chi connectivity index (χ1) is 12.6. The topological polar surface area (TPSA) is 44.4 Å². The van der Waals surface area contributed by atoms with Crippen molar-refractivity contribution in [1.29, 1.82) is 0 Å². The van der Waals surface area contributed by atoms with Gasteiger partial charge in [0.1, 0.15) is 0 Å². The van der Waals surface area contributed by atoms with Gasteiger partial charge in [-0.15, -0.1) is 0 Å². The summed E-state index contributed by atoms with van der Waals surface area (Å²) in [5.74, 6) is 0. The Morgan fingerprint density at radius 3 is 2.35 bits per heavy atom. The zero-order valence-electron chi connectivity index (χ0n) is 15.1. The summed E-state index contributed by atoms with van der Waals surface area (Å²) in [5.41, 5.74) is 2.28. The Labute approximate surface area is 160 Å². The Morgan fingerprint density at radius 1 is 1.04 bits per heavy atom. The third-order valence-corrected chi connectivity index (χ3v) is 5.19. The van der Waals surface area contributed by atoms with Crippen molar-refractivity contribution in [2.24, 2.45) is 0 Å². The molecule has 0 aliphatic carbocycles. The van der Waals surface area contributed by atoms with Crippen molar-refractivity contribution in [3.05, 3.63) is 70.7 Å². The molecule has 2 amide bonds. The number of carbonyl (C=O) groups excluding carboxylic acids is 1. The van der Waals surface area contributed by atoms with Gasteiger partial charge < -0.3 is 10.6 Å². The third kappa shape index (κ3) is 4.99. The maximum Gasteiger partial charge on any atom is 0.315 e. The fourth-order valence-electron chi connectivity index (χ4n) is 3.46. The van der Waals surface area contributed by atoms with Gasteiger partial charge in [0, 0.05) is 11.6 Å². The monoisotopic (exact) mass is 371 g/mol. The largest absolute Gasteiger partial charge is 0.336 e. The highest BCUT2D eigenvalue weighted by Crippen LogP contribution is 2.24. The third-order valence-electron chi connectivity index (χ3n) is 4.94. The number of halogens is 1. The molecule has 1 saturated heterocycles. The van der Waals surface area contributed by atoms with Crippen LogP contribution in [-0.2, 0) is 0 Å². The van der Waals surface area contributed by atoms with E-state index >= 15 is 0 Å². The van der Waals surface area contributed by atoms with E-state index in [0.717, 1.165) is 18.7 Å². The van der Waals surface area contributed by atoms with Crippen molar-refractivity contribution >= 4 is 17.6 Å². The molecule has 1 fully saturated rings. The molecule has 5 heteroatoms. The standard InChI is InChI=1S/C21H26ClN3O/c1-16(17-9-11-19(22)12-10-17)24-21(26)23-15-20(25-13-5-6-14-25)18-7-3-2-4-8-18/h2-4,7-12,16,20H,5-6,13-15H2,1H3,(H2,23,24,26). The summed E-state index contributed by atoms with van der Waals surface area (Å²) >= 11 is 5.92. The van der Waals surface area contributed by atoms with Crippen LogP contribution in [0.15, 0.2) is 54.6 Å². The molecule has 4 nitrogen and oxygen atoms in total. The first-order valence-corrected chi connectivity index (χ1v) is 9.60. The average molecular weight is 372 g/mol. The van der Waals surface area contributed by atoms with Crippen LogP contribution in [0.3, 0.4) is 0 Å². The zero-order valence-corrected chi connectivity index (χ0v) is 15.9. The molecule has 0 aromatic heterocycles. The number of hydrogen-bond donors (Lipinski definition) is 2. The molecule has 0 bridgehead atoms. The number of benzene rings is 2. The van der Waals surface area contributed by atoms with Crippen LogP contribution in [-0.4, -0.2) is 30.6 Å². The number of nitrogens with one attached hydrogen (secondary N) is 2. The normalized spacial score (nSPS) is 16.8. The van der Waals surface area contributed by atoms with Crippen molar-refractivity contribution < 1.29 is 4.79 Å². The highest BCUT2D eigenvalue weighted by molar-refractivity contribution is 6.30. The van der Waals surface area contributed by atoms with Crippen LogP contribution in [0.2, 0.25) is 5.02 Å². The molecule has 138 valence electrons. The molecule has 2 atom stereocenters. The van der Waals surface area contributed by atoms with E-state index in [1.807, 2.05) is 37.3 Å². The van der Waals surface area contributed by atoms with E-state index in [4.69, 9.17) is 11.6 Å². The Hall–Kier alpha value is -2.04. The molecule has 2 aromatic carbocycles. The van der Waals surface area contributed by atoms with Gasteiger partial charge in [-0.25, -0.2) is 4.79 Å². The first-order valence-electron chi connectivity index (χ1n) is 9.22. The van der Waals surface area contributed by atoms with E-state index in [0.29, 0.717) is 11.6 Å². The predicted octanol–water partition coefficient (Wildman–Crippen LogP) is 4.54. The fourth-order valence-corrected chi connectivity index (χ4v) is 3.58. The van der Waals surface area contributed by atoms with Gasteiger partial charge in [0.25, 0.3) is 0 Å². The fraction of sp³-hybridized carbons (Fsp3) is 0.381. The molecule has 0 saturated carbocycles. The molecule has 0 spiro atoms. The van der Waals surface area contributed by atoms with Gasteiger partial charge in [0.05, 0.1) is 12.1 Å². The van der Waals surface area contributed by atoms with Crippen LogP contribution in [0, 0.1) is 0 Å². The lowest BCUT2D eigenvalue weighted by Crippen LogP contribution is -2.42. The lowest BCUT2D eigenvalue weighted by molar-refractivity contribution is 0.219. The SMILES string of the molecule is CC(NC(=O)NCC(c1ccccc1)N1CCCC1)c1ccc(Cl)cc1. The number of amides is 2. The second kappa shape index (κ2) is 9.06. The number of urea groups is 1. The average Bonchev–Trinajstić information content (AvgIpc) is 3.17. The Balaban J connectivity index is 1.57. The zero-order chi connectivity index (χ0) is 18.4. The summed E-state index contributed by atoms with van der Waals surface area (Å²) < 4.78 is 0. The maximum atomic E-state index is 12.4. The summed E-state index contributed by atoms with van der Waals surface area (Å²) in [5, 5.41) is 6.75. The van der Waals surface area contributed by atoms with Gasteiger partial charge >= 0.3 is 6.03 Å². The summed E-state index contributed by atoms with van der Waals surface area (Å²) in [7, 11) is 0. The highest BCUT2D eigenvalue weighted by atomic mass is 35.5. The minimum atomic E-state index is -0.146. The number of rotatable bonds is 6. The summed E-state index contributed by atoms with van der Waals surface area (Å²) in [4.78, 5) is 14.8. The Kier molecular flexibility index (Phi) is 6.53. The smallest absolute Gasteiger partial charge is 0.315 e. The van der Waals surface area contributed by atoms with Gasteiger partial charge in [0.15, 0.2) is 0 Å². The van der Waals surface area contributed by atoms with Crippen LogP contribution in [0.25, 0.3) is 0 Å². The molecule has 26 heavy (non-hydrogen) atoms. The molecule has 0 radical (unpaired) electrons. The lowest BCUT2D eigenvalue weighted by Gasteiger charge is -2.28. The van der Waals surface area contributed by atoms with Crippen LogP contribution < -0.4 is 10.6 Å². The number of carbonyl (C=O) groups is 1. The van der Waals surface area contributed by atoms with Crippen molar-refractivity contribution in [1.82, 2.24) is 15.5 Å². The minimum Gasteiger partial charge on any atom is -0.336 e. The molecular weight excluding hydrogens is 346 g/mol. The molecule has 3 rings (SSSR count). The molecule has 1 aliphatic rings. The summed E-state index contributed by atoms with van der Waals surface area (Å²) in [6.07, 6.45) is 2.45. The summed E-state index contributed by atoms with van der Waals surface area (Å²) in [6.45, 7) is 4.75. The van der Waals surface area contributed by atoms with Crippen LogP contribution in [0.4, 0.5) is 4.79 Å². The number of likely N-dealkylation sites (tertiary alicyclic amines) is 1.